The van der Waals surface area contributed by atoms with E-state index in [1.54, 1.807) is 13.2 Å². The summed E-state index contributed by atoms with van der Waals surface area (Å²) in [6.45, 7) is 0.0632. The molecule has 0 radical (unpaired) electrons. The van der Waals surface area contributed by atoms with E-state index in [0.29, 0.717) is 5.69 Å². The van der Waals surface area contributed by atoms with E-state index in [0.717, 1.165) is 4.90 Å². The number of nitrogens with one attached hydrogen (secondary N) is 1. The van der Waals surface area contributed by atoms with Crippen molar-refractivity contribution in [2.24, 2.45) is 7.05 Å². The average molecular weight is 180 g/mol. The Bertz CT molecular complexity index is 354. The minimum absolute atomic E-state index is 0.0632. The van der Waals surface area contributed by atoms with Crippen molar-refractivity contribution in [1.29, 1.82) is 0 Å². The Hall–Kier alpha value is -1.85. The largest absolute Gasteiger partial charge is 0.329 e. The first-order valence-electron chi connectivity index (χ1n) is 3.78. The van der Waals surface area contributed by atoms with Crippen LogP contribution in [0.15, 0.2) is 12.4 Å². The lowest BCUT2D eigenvalue weighted by Gasteiger charge is -2.07. The highest BCUT2D eigenvalue weighted by molar-refractivity contribution is 6.19. The van der Waals surface area contributed by atoms with Gasteiger partial charge in [-0.25, -0.2) is 9.69 Å². The first-order chi connectivity index (χ1) is 6.18. The van der Waals surface area contributed by atoms with E-state index >= 15 is 0 Å². The van der Waals surface area contributed by atoms with E-state index < -0.39 is 6.03 Å². The number of urea groups is 1. The number of imide groups is 1. The van der Waals surface area contributed by atoms with Crippen molar-refractivity contribution >= 4 is 17.6 Å². The summed E-state index contributed by atoms with van der Waals surface area (Å²) in [4.78, 5) is 23.4. The summed E-state index contributed by atoms with van der Waals surface area (Å²) in [5.74, 6) is -0.252. The summed E-state index contributed by atoms with van der Waals surface area (Å²) in [6, 6.07) is -0.391. The predicted molar refractivity (Wildman–Crippen MR) is 44.1 cm³/mol. The second-order valence-corrected chi connectivity index (χ2v) is 2.76. The van der Waals surface area contributed by atoms with Crippen LogP contribution in [0.1, 0.15) is 0 Å². The Kier molecular flexibility index (Phi) is 1.54. The second kappa shape index (κ2) is 2.58. The van der Waals surface area contributed by atoms with Gasteiger partial charge in [0.25, 0.3) is 5.91 Å². The molecule has 0 spiro atoms. The summed E-state index contributed by atoms with van der Waals surface area (Å²) >= 11 is 0. The molecular formula is C7H8N4O2. The van der Waals surface area contributed by atoms with Crippen LogP contribution in [0.25, 0.3) is 0 Å². The van der Waals surface area contributed by atoms with E-state index in [2.05, 4.69) is 10.4 Å². The molecule has 0 unspecified atom stereocenters. The highest BCUT2D eigenvalue weighted by Crippen LogP contribution is 2.14. The van der Waals surface area contributed by atoms with Gasteiger partial charge >= 0.3 is 6.03 Å². The molecule has 1 fully saturated rings. The highest BCUT2D eigenvalue weighted by atomic mass is 16.2. The van der Waals surface area contributed by atoms with Crippen molar-refractivity contribution in [2.45, 2.75) is 0 Å². The summed E-state index contributed by atoms with van der Waals surface area (Å²) in [5, 5.41) is 6.30. The Morgan fingerprint density at radius 2 is 2.31 bits per heavy atom. The molecule has 0 atom stereocenters. The molecule has 1 aliphatic heterocycles. The van der Waals surface area contributed by atoms with Crippen LogP contribution in [-0.2, 0) is 11.8 Å². The molecule has 1 aromatic heterocycles. The van der Waals surface area contributed by atoms with Crippen molar-refractivity contribution in [1.82, 2.24) is 15.1 Å². The zero-order valence-corrected chi connectivity index (χ0v) is 7.02. The molecule has 3 amide bonds. The van der Waals surface area contributed by atoms with E-state index in [9.17, 15) is 9.59 Å². The molecular weight excluding hydrogens is 172 g/mol. The van der Waals surface area contributed by atoms with Crippen LogP contribution >= 0.6 is 0 Å². The van der Waals surface area contributed by atoms with Crippen LogP contribution in [0.3, 0.4) is 0 Å². The number of rotatable bonds is 1. The van der Waals surface area contributed by atoms with E-state index in [-0.39, 0.29) is 12.5 Å². The number of anilines is 1. The van der Waals surface area contributed by atoms with Crippen molar-refractivity contribution in [3.63, 3.8) is 0 Å². The van der Waals surface area contributed by atoms with Gasteiger partial charge < -0.3 is 5.32 Å². The number of hydrogen-bond donors (Lipinski definition) is 1. The van der Waals surface area contributed by atoms with E-state index in [4.69, 9.17) is 0 Å². The fourth-order valence-electron chi connectivity index (χ4n) is 1.21. The zero-order chi connectivity index (χ0) is 9.42. The van der Waals surface area contributed by atoms with E-state index in [1.165, 1.54) is 10.9 Å². The molecule has 6 nitrogen and oxygen atoms in total. The van der Waals surface area contributed by atoms with Crippen molar-refractivity contribution in [2.75, 3.05) is 11.4 Å². The van der Waals surface area contributed by atoms with Gasteiger partial charge in [-0.3, -0.25) is 9.48 Å². The molecule has 1 aliphatic rings. The van der Waals surface area contributed by atoms with Crippen molar-refractivity contribution < 1.29 is 9.59 Å². The fourth-order valence-corrected chi connectivity index (χ4v) is 1.21. The summed E-state index contributed by atoms with van der Waals surface area (Å²) in [5.41, 5.74) is 0.502. The zero-order valence-electron chi connectivity index (χ0n) is 7.02. The second-order valence-electron chi connectivity index (χ2n) is 2.76. The summed E-state index contributed by atoms with van der Waals surface area (Å²) < 4.78 is 1.54. The molecule has 0 aromatic carbocycles. The van der Waals surface area contributed by atoms with Crippen molar-refractivity contribution in [3.8, 4) is 0 Å². The third-order valence-electron chi connectivity index (χ3n) is 1.79. The number of amides is 3. The molecule has 6 heteroatoms. The number of aromatic nitrogens is 2. The van der Waals surface area contributed by atoms with Gasteiger partial charge in [0, 0.05) is 13.2 Å². The van der Waals surface area contributed by atoms with Gasteiger partial charge in [0.15, 0.2) is 0 Å². The Morgan fingerprint density at radius 1 is 1.54 bits per heavy atom. The molecule has 68 valence electrons. The monoisotopic (exact) mass is 180 g/mol. The molecule has 0 aliphatic carbocycles. The maximum Gasteiger partial charge on any atom is 0.329 e. The van der Waals surface area contributed by atoms with Crippen LogP contribution in [0, 0.1) is 0 Å². The third-order valence-corrected chi connectivity index (χ3v) is 1.79. The topological polar surface area (TPSA) is 67.2 Å². The standard InChI is InChI=1S/C7H8N4O2/c1-10-4-5(2-9-10)11-6(12)3-8-7(11)13/h2,4H,3H2,1H3,(H,8,13). The lowest BCUT2D eigenvalue weighted by molar-refractivity contribution is -0.115. The Labute approximate surface area is 74.1 Å². The van der Waals surface area contributed by atoms with Gasteiger partial charge in [-0.05, 0) is 0 Å². The fraction of sp³-hybridized carbons (Fsp3) is 0.286. The first kappa shape index (κ1) is 7.78. The van der Waals surface area contributed by atoms with Gasteiger partial charge in [0.2, 0.25) is 0 Å². The molecule has 2 heterocycles. The Morgan fingerprint density at radius 3 is 2.77 bits per heavy atom. The summed E-state index contributed by atoms with van der Waals surface area (Å²) in [6.07, 6.45) is 3.09. The number of hydrogen-bond acceptors (Lipinski definition) is 3. The van der Waals surface area contributed by atoms with Gasteiger partial charge in [-0.1, -0.05) is 0 Å². The van der Waals surface area contributed by atoms with Crippen LogP contribution in [0.4, 0.5) is 10.5 Å². The molecule has 13 heavy (non-hydrogen) atoms. The predicted octanol–water partition coefficient (Wildman–Crippen LogP) is -0.524. The molecule has 1 N–H and O–H groups in total. The minimum atomic E-state index is -0.391. The average Bonchev–Trinajstić information content (AvgIpc) is 2.60. The number of carbonyl (C=O) groups is 2. The maximum atomic E-state index is 11.2. The SMILES string of the molecule is Cn1cc(N2C(=O)CNC2=O)cn1. The molecule has 0 saturated carbocycles. The van der Waals surface area contributed by atoms with Gasteiger partial charge in [-0.2, -0.15) is 5.10 Å². The lowest BCUT2D eigenvalue weighted by atomic mass is 10.5. The van der Waals surface area contributed by atoms with Gasteiger partial charge in [0.05, 0.1) is 18.4 Å². The smallest absolute Gasteiger partial charge is 0.328 e. The number of carbonyl (C=O) groups excluding carboxylic acids is 2. The molecule has 0 bridgehead atoms. The maximum absolute atomic E-state index is 11.2. The van der Waals surface area contributed by atoms with Crippen LogP contribution in [0.2, 0.25) is 0 Å². The molecule has 2 rings (SSSR count). The summed E-state index contributed by atoms with van der Waals surface area (Å²) in [7, 11) is 1.72. The quantitative estimate of drug-likeness (QED) is 0.591. The highest BCUT2D eigenvalue weighted by Gasteiger charge is 2.30. The van der Waals surface area contributed by atoms with Gasteiger partial charge in [0.1, 0.15) is 0 Å². The normalized spacial score (nSPS) is 16.5. The third kappa shape index (κ3) is 1.16. The van der Waals surface area contributed by atoms with E-state index in [1.807, 2.05) is 0 Å². The van der Waals surface area contributed by atoms with Crippen LogP contribution in [0.5, 0.6) is 0 Å². The lowest BCUT2D eigenvalue weighted by Crippen LogP contribution is -2.30. The number of aryl methyl sites for hydroxylation is 1. The first-order valence-corrected chi connectivity index (χ1v) is 3.78. The van der Waals surface area contributed by atoms with Crippen molar-refractivity contribution in [3.05, 3.63) is 12.4 Å². The molecule has 1 saturated heterocycles. The Balaban J connectivity index is 2.35. The minimum Gasteiger partial charge on any atom is -0.328 e. The van der Waals surface area contributed by atoms with Crippen LogP contribution in [-0.4, -0.2) is 28.3 Å². The number of nitrogens with zero attached hydrogens (tertiary/aromatic N) is 3. The van der Waals surface area contributed by atoms with Gasteiger partial charge in [-0.15, -0.1) is 0 Å². The van der Waals surface area contributed by atoms with Crippen LogP contribution < -0.4 is 10.2 Å². The molecule has 1 aromatic rings.